The summed E-state index contributed by atoms with van der Waals surface area (Å²) in [6.45, 7) is 15.3. The summed E-state index contributed by atoms with van der Waals surface area (Å²) in [6, 6.07) is 38.6. The molecule has 0 bridgehead atoms. The molecular formula is C45H55NO8Si. The molecule has 0 radical (unpaired) electrons. The van der Waals surface area contributed by atoms with Gasteiger partial charge in [0.1, 0.15) is 31.1 Å². The molecule has 9 nitrogen and oxygen atoms in total. The summed E-state index contributed by atoms with van der Waals surface area (Å²) >= 11 is 0. The van der Waals surface area contributed by atoms with E-state index in [-0.39, 0.29) is 43.8 Å². The fourth-order valence-corrected chi connectivity index (χ4v) is 6.52. The van der Waals surface area contributed by atoms with Gasteiger partial charge in [-0.3, -0.25) is 5.32 Å². The van der Waals surface area contributed by atoms with Crippen LogP contribution in [0.5, 0.6) is 0 Å². The molecule has 1 N–H and O–H groups in total. The van der Waals surface area contributed by atoms with Crippen molar-refractivity contribution in [2.75, 3.05) is 13.2 Å². The third-order valence-corrected chi connectivity index (χ3v) is 13.7. The molecule has 55 heavy (non-hydrogen) atoms. The van der Waals surface area contributed by atoms with Crippen molar-refractivity contribution in [3.8, 4) is 0 Å². The highest BCUT2D eigenvalue weighted by atomic mass is 28.4. The summed E-state index contributed by atoms with van der Waals surface area (Å²) in [4.78, 5) is 26.9. The SMILES string of the molecule is C=CCOC(=O)/C(=C/[C@@H](OCc1ccccc1)[C@H](OCc1ccccc1)[C@@H](COCc1ccccc1)O[Si](C)(C)C(C)(C)C)NC(=O)OCc1ccccc1. The Kier molecular flexibility index (Phi) is 17.1. The van der Waals surface area contributed by atoms with E-state index in [1.54, 1.807) is 0 Å². The molecule has 0 unspecified atom stereocenters. The number of esters is 1. The van der Waals surface area contributed by atoms with E-state index in [0.29, 0.717) is 6.61 Å². The number of ether oxygens (including phenoxy) is 5. The summed E-state index contributed by atoms with van der Waals surface area (Å²) in [5, 5.41) is 2.46. The number of nitrogens with one attached hydrogen (secondary N) is 1. The Morgan fingerprint density at radius 1 is 0.691 bits per heavy atom. The Labute approximate surface area is 327 Å². The fourth-order valence-electron chi connectivity index (χ4n) is 5.21. The first-order valence-corrected chi connectivity index (χ1v) is 21.4. The normalized spacial score (nSPS) is 13.7. The zero-order chi connectivity index (χ0) is 39.5. The van der Waals surface area contributed by atoms with Crippen molar-refractivity contribution >= 4 is 20.4 Å². The third-order valence-electron chi connectivity index (χ3n) is 9.24. The van der Waals surface area contributed by atoms with Gasteiger partial charge in [-0.1, -0.05) is 155 Å². The van der Waals surface area contributed by atoms with E-state index in [2.05, 4.69) is 45.8 Å². The molecule has 0 spiro atoms. The second-order valence-electron chi connectivity index (χ2n) is 14.6. The van der Waals surface area contributed by atoms with Gasteiger partial charge in [0, 0.05) is 0 Å². The maximum Gasteiger partial charge on any atom is 0.412 e. The third kappa shape index (κ3) is 14.7. The average molecular weight is 766 g/mol. The summed E-state index contributed by atoms with van der Waals surface area (Å²) in [5.74, 6) is -0.797. The van der Waals surface area contributed by atoms with Crippen LogP contribution < -0.4 is 5.32 Å². The van der Waals surface area contributed by atoms with Crippen LogP contribution in [-0.2, 0) is 59.3 Å². The van der Waals surface area contributed by atoms with Gasteiger partial charge >= 0.3 is 12.1 Å². The molecule has 1 amide bonds. The van der Waals surface area contributed by atoms with Crippen molar-refractivity contribution in [2.24, 2.45) is 0 Å². The minimum atomic E-state index is -2.48. The van der Waals surface area contributed by atoms with Crippen LogP contribution in [0.4, 0.5) is 4.79 Å². The predicted octanol–water partition coefficient (Wildman–Crippen LogP) is 9.30. The quantitative estimate of drug-likeness (QED) is 0.0388. The van der Waals surface area contributed by atoms with Crippen LogP contribution in [-0.4, -0.2) is 51.9 Å². The average Bonchev–Trinajstić information content (AvgIpc) is 3.18. The minimum Gasteiger partial charge on any atom is -0.457 e. The molecule has 0 fully saturated rings. The van der Waals surface area contributed by atoms with Crippen molar-refractivity contribution in [2.45, 2.75) is 83.6 Å². The van der Waals surface area contributed by atoms with Crippen molar-refractivity contribution in [3.05, 3.63) is 168 Å². The molecule has 0 heterocycles. The first kappa shape index (κ1) is 42.9. The Hall–Kier alpha value is -4.84. The number of alkyl carbamates (subject to hydrolysis) is 1. The van der Waals surface area contributed by atoms with Crippen molar-refractivity contribution in [3.63, 3.8) is 0 Å². The van der Waals surface area contributed by atoms with Gasteiger partial charge in [0.15, 0.2) is 8.32 Å². The van der Waals surface area contributed by atoms with Crippen molar-refractivity contribution in [1.82, 2.24) is 5.32 Å². The standard InChI is InChI=1S/C45H55NO8Si/c1-7-28-50-43(47)39(46-44(48)53-33-38-26-18-11-19-27-38)29-40(51-31-36-22-14-9-15-23-36)42(52-32-37-24-16-10-17-25-37)41(54-55(5,6)45(2,3)4)34-49-30-35-20-12-8-13-21-35/h7-27,29,40-42H,1,28,30-34H2,2-6H3,(H,46,48)/b39-29-/t40-,41-,42+/m1/s1. The van der Waals surface area contributed by atoms with Gasteiger partial charge in [-0.2, -0.15) is 0 Å². The largest absolute Gasteiger partial charge is 0.457 e. The van der Waals surface area contributed by atoms with Gasteiger partial charge in [0.2, 0.25) is 0 Å². The van der Waals surface area contributed by atoms with Crippen molar-refractivity contribution < 1.29 is 37.7 Å². The van der Waals surface area contributed by atoms with E-state index < -0.39 is 38.7 Å². The molecule has 4 aromatic rings. The zero-order valence-electron chi connectivity index (χ0n) is 32.6. The van der Waals surface area contributed by atoms with Crippen molar-refractivity contribution in [1.29, 1.82) is 0 Å². The Bertz CT molecular complexity index is 1760. The lowest BCUT2D eigenvalue weighted by Crippen LogP contribution is -2.52. The van der Waals surface area contributed by atoms with Crippen LogP contribution in [0.15, 0.2) is 146 Å². The highest BCUT2D eigenvalue weighted by molar-refractivity contribution is 6.74. The molecule has 4 rings (SSSR count). The zero-order valence-corrected chi connectivity index (χ0v) is 33.6. The molecule has 0 aliphatic rings. The molecule has 4 aromatic carbocycles. The molecule has 0 aromatic heterocycles. The number of hydrogen-bond acceptors (Lipinski definition) is 8. The molecule has 0 saturated heterocycles. The molecule has 3 atom stereocenters. The van der Waals surface area contributed by atoms with Gasteiger partial charge < -0.3 is 28.1 Å². The topological polar surface area (TPSA) is 102 Å². The Morgan fingerprint density at radius 2 is 1.16 bits per heavy atom. The number of rotatable bonds is 21. The predicted molar refractivity (Wildman–Crippen MR) is 217 cm³/mol. The summed E-state index contributed by atoms with van der Waals surface area (Å²) < 4.78 is 38.0. The first-order valence-electron chi connectivity index (χ1n) is 18.5. The van der Waals surface area contributed by atoms with Gasteiger partial charge in [-0.25, -0.2) is 9.59 Å². The smallest absolute Gasteiger partial charge is 0.412 e. The first-order chi connectivity index (χ1) is 26.4. The van der Waals surface area contributed by atoms with Crippen LogP contribution in [0.3, 0.4) is 0 Å². The second kappa shape index (κ2) is 21.9. The van der Waals surface area contributed by atoms with Gasteiger partial charge in [0.05, 0.1) is 32.5 Å². The number of hydrogen-bond donors (Lipinski definition) is 1. The van der Waals surface area contributed by atoms with Crippen LogP contribution in [0.25, 0.3) is 0 Å². The second-order valence-corrected chi connectivity index (χ2v) is 19.4. The lowest BCUT2D eigenvalue weighted by molar-refractivity contribution is -0.139. The van der Waals surface area contributed by atoms with Gasteiger partial charge in [0.25, 0.3) is 0 Å². The summed E-state index contributed by atoms with van der Waals surface area (Å²) in [6.07, 6.45) is -0.327. The maximum atomic E-state index is 13.6. The minimum absolute atomic E-state index is 0.000409. The number of amides is 1. The van der Waals surface area contributed by atoms with Gasteiger partial charge in [-0.05, 0) is 46.5 Å². The van der Waals surface area contributed by atoms with E-state index in [1.807, 2.05) is 121 Å². The lowest BCUT2D eigenvalue weighted by atomic mass is 10.1. The molecular weight excluding hydrogens is 711 g/mol. The summed E-state index contributed by atoms with van der Waals surface area (Å²) in [7, 11) is -2.48. The van der Waals surface area contributed by atoms with Crippen LogP contribution in [0.2, 0.25) is 18.1 Å². The van der Waals surface area contributed by atoms with E-state index in [0.717, 1.165) is 22.3 Å². The maximum absolute atomic E-state index is 13.6. The molecule has 10 heteroatoms. The lowest BCUT2D eigenvalue weighted by Gasteiger charge is -2.42. The van der Waals surface area contributed by atoms with Crippen LogP contribution in [0.1, 0.15) is 43.0 Å². The highest BCUT2D eigenvalue weighted by Gasteiger charge is 2.43. The van der Waals surface area contributed by atoms with E-state index >= 15 is 0 Å². The highest BCUT2D eigenvalue weighted by Crippen LogP contribution is 2.38. The Morgan fingerprint density at radius 3 is 1.65 bits per heavy atom. The molecule has 292 valence electrons. The molecule has 0 saturated carbocycles. The summed E-state index contributed by atoms with van der Waals surface area (Å²) in [5.41, 5.74) is 3.45. The van der Waals surface area contributed by atoms with E-state index in [4.69, 9.17) is 28.1 Å². The number of carbonyl (C=O) groups excluding carboxylic acids is 2. The Balaban J connectivity index is 1.78. The van der Waals surface area contributed by atoms with E-state index in [1.165, 1.54) is 12.2 Å². The van der Waals surface area contributed by atoms with E-state index in [9.17, 15) is 9.59 Å². The molecule has 0 aliphatic carbocycles. The van der Waals surface area contributed by atoms with Crippen LogP contribution >= 0.6 is 0 Å². The monoisotopic (exact) mass is 765 g/mol. The van der Waals surface area contributed by atoms with Crippen LogP contribution in [0, 0.1) is 0 Å². The molecule has 0 aliphatic heterocycles. The number of benzene rings is 4. The van der Waals surface area contributed by atoms with Gasteiger partial charge in [-0.15, -0.1) is 0 Å². The number of carbonyl (C=O) groups is 2. The fraction of sp³-hybridized carbons (Fsp3) is 0.333.